The molecule has 11 heteroatoms. The summed E-state index contributed by atoms with van der Waals surface area (Å²) in [7, 11) is 0. The van der Waals surface area contributed by atoms with Gasteiger partial charge in [0.2, 0.25) is 5.82 Å². The summed E-state index contributed by atoms with van der Waals surface area (Å²) in [5.41, 5.74) is 1.83. The molecule has 0 saturated heterocycles. The number of pyridine rings is 1. The summed E-state index contributed by atoms with van der Waals surface area (Å²) >= 11 is 6.33. The van der Waals surface area contributed by atoms with Gasteiger partial charge in [0.25, 0.3) is 11.4 Å². The van der Waals surface area contributed by atoms with Crippen molar-refractivity contribution >= 4 is 28.2 Å². The molecule has 5 heterocycles. The Balaban J connectivity index is 1.63. The van der Waals surface area contributed by atoms with Gasteiger partial charge in [-0.25, -0.2) is 4.98 Å². The topological polar surface area (TPSA) is 128 Å². The third-order valence-electron chi connectivity index (χ3n) is 5.60. The van der Waals surface area contributed by atoms with Gasteiger partial charge in [0.1, 0.15) is 29.4 Å². The first-order valence-corrected chi connectivity index (χ1v) is 10.9. The van der Waals surface area contributed by atoms with Crippen LogP contribution < -0.4 is 5.56 Å². The highest BCUT2D eigenvalue weighted by molar-refractivity contribution is 6.32. The largest absolute Gasteiger partial charge is 0.456 e. The maximum Gasteiger partial charge on any atom is 0.293 e. The van der Waals surface area contributed by atoms with E-state index >= 15 is 0 Å². The number of furan rings is 1. The van der Waals surface area contributed by atoms with Gasteiger partial charge >= 0.3 is 0 Å². The molecule has 0 radical (unpaired) electrons. The molecule has 0 unspecified atom stereocenters. The lowest BCUT2D eigenvalue weighted by Crippen LogP contribution is -2.25. The van der Waals surface area contributed by atoms with Crippen molar-refractivity contribution in [1.82, 2.24) is 29.1 Å². The molecule has 6 aromatic rings. The van der Waals surface area contributed by atoms with Gasteiger partial charge in [0.15, 0.2) is 5.76 Å². The van der Waals surface area contributed by atoms with E-state index in [9.17, 15) is 10.1 Å². The molecule has 0 N–H and O–H groups in total. The van der Waals surface area contributed by atoms with Crippen LogP contribution >= 0.6 is 11.6 Å². The van der Waals surface area contributed by atoms with Gasteiger partial charge in [-0.2, -0.15) is 10.2 Å². The van der Waals surface area contributed by atoms with Crippen molar-refractivity contribution < 1.29 is 8.94 Å². The zero-order valence-corrected chi connectivity index (χ0v) is 18.9. The molecule has 0 amide bonds. The Morgan fingerprint density at radius 3 is 2.74 bits per heavy atom. The molecule has 170 valence electrons. The maximum absolute atomic E-state index is 13.9. The van der Waals surface area contributed by atoms with Crippen molar-refractivity contribution in [3.63, 3.8) is 0 Å². The second-order valence-corrected chi connectivity index (χ2v) is 8.17. The number of hydrogen-bond donors (Lipinski definition) is 0. The van der Waals surface area contributed by atoms with Crippen LogP contribution in [0.15, 0.2) is 68.7 Å². The molecular weight excluding hydrogens is 470 g/mol. The fourth-order valence-corrected chi connectivity index (χ4v) is 4.23. The second-order valence-electron chi connectivity index (χ2n) is 7.76. The fraction of sp³-hybridized carbons (Fsp3) is 0.0833. The van der Waals surface area contributed by atoms with Crippen LogP contribution in [0.2, 0.25) is 5.02 Å². The molecule has 0 aliphatic carbocycles. The van der Waals surface area contributed by atoms with Crippen molar-refractivity contribution in [2.24, 2.45) is 0 Å². The van der Waals surface area contributed by atoms with Crippen LogP contribution in [0.3, 0.4) is 0 Å². The Bertz CT molecular complexity index is 1840. The maximum atomic E-state index is 13.9. The van der Waals surface area contributed by atoms with E-state index in [1.165, 1.54) is 10.9 Å². The van der Waals surface area contributed by atoms with E-state index in [1.54, 1.807) is 53.9 Å². The minimum Gasteiger partial charge on any atom is -0.456 e. The van der Waals surface area contributed by atoms with Crippen LogP contribution in [0.5, 0.6) is 0 Å². The van der Waals surface area contributed by atoms with Gasteiger partial charge < -0.3 is 8.94 Å². The van der Waals surface area contributed by atoms with Crippen molar-refractivity contribution in [1.29, 1.82) is 5.26 Å². The lowest BCUT2D eigenvalue weighted by atomic mass is 10.1. The number of benzene rings is 1. The van der Waals surface area contributed by atoms with Gasteiger partial charge in [-0.05, 0) is 43.3 Å². The average molecular weight is 484 g/mol. The first-order valence-electron chi connectivity index (χ1n) is 10.5. The molecule has 1 aromatic carbocycles. The number of imidazole rings is 1. The highest BCUT2D eigenvalue weighted by Gasteiger charge is 2.24. The molecule has 0 saturated carbocycles. The number of hydrogen-bond acceptors (Lipinski definition) is 8. The molecule has 5 aromatic heterocycles. The minimum absolute atomic E-state index is 0.121. The van der Waals surface area contributed by atoms with Crippen molar-refractivity contribution in [2.75, 3.05) is 0 Å². The number of rotatable bonds is 4. The van der Waals surface area contributed by atoms with Crippen LogP contribution in [0, 0.1) is 18.3 Å². The van der Waals surface area contributed by atoms with E-state index in [0.717, 1.165) is 0 Å². The smallest absolute Gasteiger partial charge is 0.293 e. The first-order chi connectivity index (χ1) is 17.0. The zero-order chi connectivity index (χ0) is 24.1. The van der Waals surface area contributed by atoms with E-state index in [2.05, 4.69) is 26.2 Å². The van der Waals surface area contributed by atoms with Gasteiger partial charge in [-0.1, -0.05) is 22.8 Å². The van der Waals surface area contributed by atoms with Crippen LogP contribution in [0.4, 0.5) is 0 Å². The lowest BCUT2D eigenvalue weighted by Gasteiger charge is -2.14. The van der Waals surface area contributed by atoms with Gasteiger partial charge in [-0.15, -0.1) is 0 Å². The van der Waals surface area contributed by atoms with Gasteiger partial charge in [0.05, 0.1) is 33.9 Å². The number of aromatic nitrogens is 6. The summed E-state index contributed by atoms with van der Waals surface area (Å²) in [6.45, 7) is 1.93. The third-order valence-corrected chi connectivity index (χ3v) is 5.91. The van der Waals surface area contributed by atoms with E-state index in [-0.39, 0.29) is 40.1 Å². The molecule has 0 spiro atoms. The lowest BCUT2D eigenvalue weighted by molar-refractivity contribution is 0.414. The molecule has 0 aliphatic heterocycles. The van der Waals surface area contributed by atoms with Crippen molar-refractivity contribution in [3.8, 4) is 29.2 Å². The predicted octanol–water partition coefficient (Wildman–Crippen LogP) is 4.24. The standard InChI is InChI=1S/C24H14ClN7O3/c1-13-5-8-18(34-13)23-29-22(30-35-23)19-21-24(33)31(11-14-4-2-3-9-27-14)20-15(10-26)16(25)6-7-17(20)32(21)12-28-19/h2-9,12H,11H2,1H3. The second kappa shape index (κ2) is 7.93. The molecule has 0 aliphatic rings. The van der Waals surface area contributed by atoms with Crippen LogP contribution in [0.25, 0.3) is 39.7 Å². The number of nitrogens with zero attached hydrogens (tertiary/aromatic N) is 7. The summed E-state index contributed by atoms with van der Waals surface area (Å²) in [6.07, 6.45) is 3.13. The number of fused-ring (bicyclic) bond motifs is 3. The molecule has 10 nitrogen and oxygen atoms in total. The van der Waals surface area contributed by atoms with Gasteiger partial charge in [0, 0.05) is 6.20 Å². The Morgan fingerprint density at radius 2 is 2.00 bits per heavy atom. The average Bonchev–Trinajstić information content (AvgIpc) is 3.61. The highest BCUT2D eigenvalue weighted by Crippen LogP contribution is 2.29. The van der Waals surface area contributed by atoms with Crippen LogP contribution in [-0.4, -0.2) is 29.1 Å². The Hall–Kier alpha value is -4.75. The molecule has 0 bridgehead atoms. The summed E-state index contributed by atoms with van der Waals surface area (Å²) in [5, 5.41) is 14.1. The van der Waals surface area contributed by atoms with E-state index in [4.69, 9.17) is 20.5 Å². The summed E-state index contributed by atoms with van der Waals surface area (Å²) in [6, 6.07) is 14.4. The fourth-order valence-electron chi connectivity index (χ4n) is 4.03. The Labute approximate surface area is 201 Å². The summed E-state index contributed by atoms with van der Waals surface area (Å²) in [5.74, 6) is 1.41. The van der Waals surface area contributed by atoms with Crippen LogP contribution in [0.1, 0.15) is 17.0 Å². The third kappa shape index (κ3) is 3.29. The number of halogens is 1. The molecule has 0 atom stereocenters. The molecule has 6 rings (SSSR count). The SMILES string of the molecule is Cc1ccc(-c2nc(-c3ncn4c3c(=O)n(Cc3ccccn3)c3c(C#N)c(Cl)ccc34)no2)o1. The van der Waals surface area contributed by atoms with Crippen molar-refractivity contribution in [3.05, 3.63) is 87.4 Å². The monoisotopic (exact) mass is 483 g/mol. The van der Waals surface area contributed by atoms with E-state index in [1.807, 2.05) is 6.07 Å². The quantitative estimate of drug-likeness (QED) is 0.364. The highest BCUT2D eigenvalue weighted by atomic mass is 35.5. The molecular formula is C24H14ClN7O3. The first kappa shape index (κ1) is 20.8. The van der Waals surface area contributed by atoms with E-state index in [0.29, 0.717) is 28.2 Å². The Morgan fingerprint density at radius 1 is 1.11 bits per heavy atom. The predicted molar refractivity (Wildman–Crippen MR) is 126 cm³/mol. The summed E-state index contributed by atoms with van der Waals surface area (Å²) < 4.78 is 14.0. The van der Waals surface area contributed by atoms with Gasteiger partial charge in [-0.3, -0.25) is 18.7 Å². The minimum atomic E-state index is -0.408. The molecule has 0 fully saturated rings. The van der Waals surface area contributed by atoms with E-state index < -0.39 is 5.56 Å². The molecule has 35 heavy (non-hydrogen) atoms. The Kier molecular flexibility index (Phi) is 4.72. The zero-order valence-electron chi connectivity index (χ0n) is 18.1. The van der Waals surface area contributed by atoms with Crippen LogP contribution in [-0.2, 0) is 6.54 Å². The van der Waals surface area contributed by atoms with Crippen molar-refractivity contribution in [2.45, 2.75) is 13.5 Å². The normalized spacial score (nSPS) is 11.3. The summed E-state index contributed by atoms with van der Waals surface area (Å²) in [4.78, 5) is 27.0. The number of aryl methyl sites for hydroxylation is 1. The number of nitriles is 1.